The molecule has 1 rings (SSSR count). The summed E-state index contributed by atoms with van der Waals surface area (Å²) in [5.74, 6) is 2.25. The van der Waals surface area contributed by atoms with Crippen molar-refractivity contribution in [3.8, 4) is 0 Å². The van der Waals surface area contributed by atoms with Gasteiger partial charge in [0, 0.05) is 12.2 Å². The van der Waals surface area contributed by atoms with Crippen LogP contribution in [0.3, 0.4) is 0 Å². The molecule has 0 aliphatic carbocycles. The smallest absolute Gasteiger partial charge is 0.227 e. The molecular weight excluding hydrogens is 196 g/mol. The Hall–Kier alpha value is -0.220. The third-order valence-electron chi connectivity index (χ3n) is 1.36. The molecule has 0 spiro atoms. The van der Waals surface area contributed by atoms with Gasteiger partial charge < -0.3 is 4.52 Å². The lowest BCUT2D eigenvalue weighted by molar-refractivity contribution is 0.377. The number of nitrogens with zero attached hydrogens (tertiary/aromatic N) is 2. The Morgan fingerprint density at radius 1 is 1.67 bits per heavy atom. The lowest BCUT2D eigenvalue weighted by atomic mass is 10.4. The van der Waals surface area contributed by atoms with Crippen LogP contribution in [0.1, 0.15) is 24.0 Å². The highest BCUT2D eigenvalue weighted by atomic mass is 35.5. The van der Waals surface area contributed by atoms with E-state index in [0.29, 0.717) is 11.7 Å². The lowest BCUT2D eigenvalue weighted by Gasteiger charge is -1.90. The maximum Gasteiger partial charge on any atom is 0.227 e. The van der Waals surface area contributed by atoms with Gasteiger partial charge in [0.25, 0.3) is 0 Å². The fourth-order valence-corrected chi connectivity index (χ4v) is 1.19. The van der Waals surface area contributed by atoms with Gasteiger partial charge in [-0.3, -0.25) is 0 Å². The monoisotopic (exact) mass is 206 g/mol. The average molecular weight is 207 g/mol. The summed E-state index contributed by atoms with van der Waals surface area (Å²) in [6, 6.07) is 0. The Morgan fingerprint density at radius 3 is 2.92 bits per heavy atom. The molecule has 1 aromatic rings. The molecule has 0 amide bonds. The molecule has 0 saturated carbocycles. The van der Waals surface area contributed by atoms with E-state index >= 15 is 0 Å². The minimum Gasteiger partial charge on any atom is -0.339 e. The number of halogens is 1. The van der Waals surface area contributed by atoms with Crippen LogP contribution in [0, 0.1) is 0 Å². The molecule has 0 aliphatic heterocycles. The van der Waals surface area contributed by atoms with E-state index in [1.807, 2.05) is 13.2 Å². The molecule has 1 aromatic heterocycles. The number of thioether (sulfide) groups is 1. The van der Waals surface area contributed by atoms with Gasteiger partial charge in [-0.1, -0.05) is 5.16 Å². The van der Waals surface area contributed by atoms with Crippen molar-refractivity contribution in [2.45, 2.75) is 18.7 Å². The number of aromatic nitrogens is 2. The van der Waals surface area contributed by atoms with E-state index in [1.165, 1.54) is 0 Å². The summed E-state index contributed by atoms with van der Waals surface area (Å²) in [6.45, 7) is 1.82. The average Bonchev–Trinajstić information content (AvgIpc) is 2.48. The minimum atomic E-state index is -0.170. The summed E-state index contributed by atoms with van der Waals surface area (Å²) in [7, 11) is 0. The minimum absolute atomic E-state index is 0.170. The van der Waals surface area contributed by atoms with Crippen molar-refractivity contribution in [2.24, 2.45) is 0 Å². The molecule has 0 radical (unpaired) electrons. The van der Waals surface area contributed by atoms with E-state index < -0.39 is 0 Å². The van der Waals surface area contributed by atoms with Crippen molar-refractivity contribution in [3.05, 3.63) is 11.7 Å². The number of rotatable bonds is 4. The van der Waals surface area contributed by atoms with Crippen LogP contribution in [0.5, 0.6) is 0 Å². The van der Waals surface area contributed by atoms with Gasteiger partial charge in [-0.25, -0.2) is 0 Å². The van der Waals surface area contributed by atoms with E-state index in [2.05, 4.69) is 10.1 Å². The number of aryl methyl sites for hydroxylation is 1. The van der Waals surface area contributed by atoms with Crippen molar-refractivity contribution in [1.29, 1.82) is 0 Å². The fraction of sp³-hybridized carbons (Fsp3) is 0.714. The van der Waals surface area contributed by atoms with Gasteiger partial charge >= 0.3 is 0 Å². The molecule has 5 heteroatoms. The zero-order valence-electron chi connectivity index (χ0n) is 7.08. The summed E-state index contributed by atoms with van der Waals surface area (Å²) in [4.78, 5) is 4.12. The molecule has 0 fully saturated rings. The Kier molecular flexibility index (Phi) is 3.88. The van der Waals surface area contributed by atoms with E-state index in [4.69, 9.17) is 16.1 Å². The predicted octanol–water partition coefficient (Wildman–Crippen LogP) is 2.27. The molecule has 1 atom stereocenters. The van der Waals surface area contributed by atoms with Crippen LogP contribution in [0.15, 0.2) is 4.52 Å². The van der Waals surface area contributed by atoms with Crippen molar-refractivity contribution < 1.29 is 4.52 Å². The van der Waals surface area contributed by atoms with Crippen molar-refractivity contribution in [3.63, 3.8) is 0 Å². The summed E-state index contributed by atoms with van der Waals surface area (Å²) in [5.41, 5.74) is 0. The normalized spacial score (nSPS) is 13.2. The SMILES string of the molecule is CSCCc1nc(C(C)Cl)no1. The Balaban J connectivity index is 2.52. The van der Waals surface area contributed by atoms with Gasteiger partial charge in [0.05, 0.1) is 5.38 Å². The molecule has 0 aromatic carbocycles. The van der Waals surface area contributed by atoms with Crippen LogP contribution in [0.25, 0.3) is 0 Å². The van der Waals surface area contributed by atoms with E-state index in [1.54, 1.807) is 11.8 Å². The topological polar surface area (TPSA) is 38.9 Å². The molecule has 0 saturated heterocycles. The quantitative estimate of drug-likeness (QED) is 0.709. The Bertz CT molecular complexity index is 239. The molecular formula is C7H11ClN2OS. The van der Waals surface area contributed by atoms with Crippen LogP contribution in [0.2, 0.25) is 0 Å². The zero-order chi connectivity index (χ0) is 8.97. The van der Waals surface area contributed by atoms with Crippen LogP contribution in [0.4, 0.5) is 0 Å². The lowest BCUT2D eigenvalue weighted by Crippen LogP contribution is -1.90. The first-order chi connectivity index (χ1) is 5.74. The second kappa shape index (κ2) is 4.72. The van der Waals surface area contributed by atoms with E-state index in [9.17, 15) is 0 Å². The largest absolute Gasteiger partial charge is 0.339 e. The number of hydrogen-bond donors (Lipinski definition) is 0. The summed E-state index contributed by atoms with van der Waals surface area (Å²) in [5, 5.41) is 3.57. The van der Waals surface area contributed by atoms with Crippen LogP contribution in [-0.4, -0.2) is 22.1 Å². The highest BCUT2D eigenvalue weighted by Crippen LogP contribution is 2.15. The first kappa shape index (κ1) is 9.86. The highest BCUT2D eigenvalue weighted by molar-refractivity contribution is 7.98. The van der Waals surface area contributed by atoms with Crippen molar-refractivity contribution in [2.75, 3.05) is 12.0 Å². The van der Waals surface area contributed by atoms with Gasteiger partial charge in [0.2, 0.25) is 5.89 Å². The third kappa shape index (κ3) is 2.68. The molecule has 68 valence electrons. The second-order valence-corrected chi connectivity index (χ2v) is 4.05. The summed E-state index contributed by atoms with van der Waals surface area (Å²) in [6.07, 6.45) is 2.86. The second-order valence-electron chi connectivity index (χ2n) is 2.41. The van der Waals surface area contributed by atoms with Gasteiger partial charge in [-0.15, -0.1) is 11.6 Å². The molecule has 12 heavy (non-hydrogen) atoms. The van der Waals surface area contributed by atoms with Gasteiger partial charge in [0.1, 0.15) is 0 Å². The zero-order valence-corrected chi connectivity index (χ0v) is 8.65. The molecule has 0 N–H and O–H groups in total. The fourth-order valence-electron chi connectivity index (χ4n) is 0.721. The van der Waals surface area contributed by atoms with Gasteiger partial charge in [0.15, 0.2) is 5.82 Å². The summed E-state index contributed by atoms with van der Waals surface area (Å²) >= 11 is 7.51. The first-order valence-electron chi connectivity index (χ1n) is 3.69. The number of alkyl halides is 1. The van der Waals surface area contributed by atoms with Crippen LogP contribution in [-0.2, 0) is 6.42 Å². The van der Waals surface area contributed by atoms with E-state index in [0.717, 1.165) is 12.2 Å². The van der Waals surface area contributed by atoms with Crippen molar-refractivity contribution >= 4 is 23.4 Å². The summed E-state index contributed by atoms with van der Waals surface area (Å²) < 4.78 is 4.97. The molecule has 0 aliphatic rings. The molecule has 3 nitrogen and oxygen atoms in total. The van der Waals surface area contributed by atoms with Crippen LogP contribution < -0.4 is 0 Å². The molecule has 1 unspecified atom stereocenters. The predicted molar refractivity (Wildman–Crippen MR) is 50.7 cm³/mol. The maximum atomic E-state index is 5.76. The van der Waals surface area contributed by atoms with Gasteiger partial charge in [-0.05, 0) is 13.2 Å². The van der Waals surface area contributed by atoms with Crippen LogP contribution >= 0.6 is 23.4 Å². The molecule has 0 bridgehead atoms. The standard InChI is InChI=1S/C7H11ClN2OS/c1-5(8)7-9-6(11-10-7)3-4-12-2/h5H,3-4H2,1-2H3. The Morgan fingerprint density at radius 2 is 2.42 bits per heavy atom. The van der Waals surface area contributed by atoms with Crippen molar-refractivity contribution in [1.82, 2.24) is 10.1 Å². The Labute approximate surface area is 80.9 Å². The van der Waals surface area contributed by atoms with E-state index in [-0.39, 0.29) is 5.38 Å². The first-order valence-corrected chi connectivity index (χ1v) is 5.52. The number of hydrogen-bond acceptors (Lipinski definition) is 4. The molecule has 1 heterocycles. The third-order valence-corrected chi connectivity index (χ3v) is 2.17. The maximum absolute atomic E-state index is 5.76. The van der Waals surface area contributed by atoms with Gasteiger partial charge in [-0.2, -0.15) is 16.7 Å². The highest BCUT2D eigenvalue weighted by Gasteiger charge is 2.09.